The number of methoxy groups -OCH3 is 2. The second-order valence-electron chi connectivity index (χ2n) is 31.5. The maximum atomic E-state index is 15.2. The molecule has 1 aromatic heterocycles. The van der Waals surface area contributed by atoms with Crippen molar-refractivity contribution < 1.29 is 99.0 Å². The summed E-state index contributed by atoms with van der Waals surface area (Å²) in [4.78, 5) is 202. The Bertz CT molecular complexity index is 4160. The number of anilines is 1. The first-order valence-electron chi connectivity index (χ1n) is 40.5. The lowest BCUT2D eigenvalue weighted by atomic mass is 9.89. The molecule has 0 radical (unpaired) electrons. The summed E-state index contributed by atoms with van der Waals surface area (Å²) >= 11 is 1.45. The van der Waals surface area contributed by atoms with Gasteiger partial charge in [-0.2, -0.15) is 8.42 Å². The van der Waals surface area contributed by atoms with E-state index >= 15 is 9.59 Å². The van der Waals surface area contributed by atoms with Gasteiger partial charge in [0.2, 0.25) is 59.1 Å². The predicted molar refractivity (Wildman–Crippen MR) is 438 cm³/mol. The predicted octanol–water partition coefficient (Wildman–Crippen LogP) is 3.39. The fourth-order valence-electron chi connectivity index (χ4n) is 15.8. The van der Waals surface area contributed by atoms with Gasteiger partial charge in [0.25, 0.3) is 21.9 Å². The number of ether oxygens (including phenoxy) is 4. The topological polar surface area (TPSA) is 482 Å². The van der Waals surface area contributed by atoms with Gasteiger partial charge in [-0.15, -0.1) is 11.3 Å². The highest BCUT2D eigenvalue weighted by Gasteiger charge is 2.53. The zero-order valence-corrected chi connectivity index (χ0v) is 71.5. The fourth-order valence-corrected chi connectivity index (χ4v) is 16.9. The number of imide groups is 1. The lowest BCUT2D eigenvalue weighted by molar-refractivity contribution is -0.148. The van der Waals surface area contributed by atoms with Crippen molar-refractivity contribution >= 4 is 110 Å². The van der Waals surface area contributed by atoms with Crippen LogP contribution in [0.15, 0.2) is 72.3 Å². The third-order valence-electron chi connectivity index (χ3n) is 22.2. The first-order chi connectivity index (χ1) is 56.4. The Morgan fingerprint density at radius 3 is 2.06 bits per heavy atom. The Kier molecular flexibility index (Phi) is 37.1. The lowest BCUT2D eigenvalue weighted by Crippen LogP contribution is -2.60. The van der Waals surface area contributed by atoms with E-state index in [0.717, 1.165) is 27.6 Å². The van der Waals surface area contributed by atoms with Crippen molar-refractivity contribution in [3.63, 3.8) is 0 Å². The second-order valence-corrected chi connectivity index (χ2v) is 33.9. The van der Waals surface area contributed by atoms with Gasteiger partial charge in [-0.05, 0) is 117 Å². The molecule has 3 aliphatic heterocycles. The van der Waals surface area contributed by atoms with E-state index in [1.165, 1.54) is 67.5 Å². The number of carbonyl (C=O) groups excluding carboxylic acids is 14. The normalized spacial score (nSPS) is 18.8. The van der Waals surface area contributed by atoms with Gasteiger partial charge < -0.3 is 81.9 Å². The minimum atomic E-state index is -4.65. The molecular formula is C81H119N15O21S2. The summed E-state index contributed by atoms with van der Waals surface area (Å²) in [5, 5.41) is 24.4. The highest BCUT2D eigenvalue weighted by Crippen LogP contribution is 2.43. The van der Waals surface area contributed by atoms with Gasteiger partial charge >= 0.3 is 12.1 Å². The average Bonchev–Trinajstić information content (AvgIpc) is 1.61. The molecule has 2 bridgehead atoms. The zero-order chi connectivity index (χ0) is 87.5. The second kappa shape index (κ2) is 46.0. The van der Waals surface area contributed by atoms with E-state index in [0.29, 0.717) is 57.1 Å². The van der Waals surface area contributed by atoms with Gasteiger partial charge in [-0.25, -0.2) is 14.6 Å². The van der Waals surface area contributed by atoms with E-state index < -0.39 is 178 Å². The first-order valence-corrected chi connectivity index (χ1v) is 43.0. The van der Waals surface area contributed by atoms with Crippen LogP contribution < -0.4 is 48.3 Å². The number of piperidine rings is 1. The van der Waals surface area contributed by atoms with E-state index in [4.69, 9.17) is 29.2 Å². The lowest BCUT2D eigenvalue weighted by Gasteiger charge is -2.41. The van der Waals surface area contributed by atoms with Crippen LogP contribution in [0.5, 0.6) is 0 Å². The van der Waals surface area contributed by atoms with Crippen molar-refractivity contribution in [2.24, 2.45) is 35.3 Å². The molecule has 38 heteroatoms. The van der Waals surface area contributed by atoms with E-state index in [-0.39, 0.29) is 113 Å². The Labute approximate surface area is 699 Å². The number of primary amides is 1. The zero-order valence-electron chi connectivity index (χ0n) is 69.9. The summed E-state index contributed by atoms with van der Waals surface area (Å²) in [5.41, 5.74) is 7.03. The standard InChI is InChI=1S/C81H119N15O21S2/c1-13-49(6)70(62(114-11)43-67(102)94-35-19-24-61(94)72(115-12)50(7)73(103)89-60(77-84-34-39-118-77)40-52-20-15-14-16-21-52)93(10)79(108)69(48(4)5)91-76(106)71-53-26-28-57(42-53)96(71)81(110)117-45-54-25-27-56(41-55(54)44-92(9)78(107)59(86-51(8)97)23-18-32-83-64(99)46-119(111,112)113)87-74(104)58(22-17-33-85-80(82)109)88-75(105)68(47(2)3)90-63(98)31-37-116-38-36-95-65(100)29-30-66(95)101/h14-16,20-21,25,27,29-30,34,39,41,47-50,53,57-62,68-72H,13,17-19,22-24,26,28,31-33,35-38,40,42-46H2,1-12H3,(H,83,99)(H,86,97)(H,87,104)(H,88,105)(H,89,103)(H,90,98)(H,91,106)(H3,82,85,109)(H,111,112,113)/t49-,50+,53-,57+,58-,59+,60-,61-,62+,68-,69-,70-,71-,72+/m0/s1. The number of benzene rings is 2. The molecule has 1 saturated carbocycles. The maximum Gasteiger partial charge on any atom is 0.411 e. The number of urea groups is 1. The van der Waals surface area contributed by atoms with Crippen molar-refractivity contribution in [2.75, 3.05) is 78.8 Å². The number of hydrogen-bond donors (Lipinski definition) is 10. The quantitative estimate of drug-likeness (QED) is 0.0220. The van der Waals surface area contributed by atoms with Crippen molar-refractivity contribution in [2.45, 2.75) is 219 Å². The molecule has 11 N–H and O–H groups in total. The summed E-state index contributed by atoms with van der Waals surface area (Å²) in [5.74, 6) is -10.4. The van der Waals surface area contributed by atoms with Crippen LogP contribution in [-0.4, -0.2) is 259 Å². The summed E-state index contributed by atoms with van der Waals surface area (Å²) < 4.78 is 55.7. The number of hydrogen-bond acceptors (Lipinski definition) is 22. The van der Waals surface area contributed by atoms with Gasteiger partial charge in [0.15, 0.2) is 5.75 Å². The number of likely N-dealkylation sites (N-methyl/N-ethyl adjacent to an activating group) is 2. The number of carbonyl (C=O) groups is 14. The van der Waals surface area contributed by atoms with Crippen LogP contribution in [0.3, 0.4) is 0 Å². The molecule has 119 heavy (non-hydrogen) atoms. The summed E-state index contributed by atoms with van der Waals surface area (Å²) in [6.45, 7) is 13.1. The largest absolute Gasteiger partial charge is 0.445 e. The molecule has 2 saturated heterocycles. The van der Waals surface area contributed by atoms with Crippen molar-refractivity contribution in [1.29, 1.82) is 0 Å². The van der Waals surface area contributed by atoms with E-state index in [9.17, 15) is 66.0 Å². The smallest absolute Gasteiger partial charge is 0.411 e. The van der Waals surface area contributed by atoms with Gasteiger partial charge in [0.05, 0.1) is 62.4 Å². The maximum absolute atomic E-state index is 15.2. The molecule has 2 aromatic carbocycles. The van der Waals surface area contributed by atoms with Crippen LogP contribution in [0, 0.1) is 29.6 Å². The third kappa shape index (κ3) is 28.0. The number of rotatable bonds is 47. The number of amides is 15. The van der Waals surface area contributed by atoms with Gasteiger partial charge in [0, 0.05) is 103 Å². The Morgan fingerprint density at radius 1 is 0.756 bits per heavy atom. The molecule has 36 nitrogen and oxygen atoms in total. The Morgan fingerprint density at radius 2 is 1.44 bits per heavy atom. The molecule has 0 spiro atoms. The molecule has 4 aliphatic rings. The highest BCUT2D eigenvalue weighted by atomic mass is 32.2. The first kappa shape index (κ1) is 96.1. The average molecular weight is 1700 g/mol. The number of nitrogens with one attached hydrogen (secondary N) is 8. The molecule has 15 amide bonds. The molecule has 3 fully saturated rings. The molecule has 4 heterocycles. The van der Waals surface area contributed by atoms with E-state index in [2.05, 4.69) is 47.5 Å². The van der Waals surface area contributed by atoms with Crippen LogP contribution in [0.2, 0.25) is 0 Å². The minimum Gasteiger partial charge on any atom is -0.445 e. The van der Waals surface area contributed by atoms with Crippen LogP contribution in [0.25, 0.3) is 0 Å². The van der Waals surface area contributed by atoms with Crippen LogP contribution in [0.4, 0.5) is 15.3 Å². The summed E-state index contributed by atoms with van der Waals surface area (Å²) in [6, 6.07) is 5.47. The van der Waals surface area contributed by atoms with E-state index in [1.807, 2.05) is 49.6 Å². The SMILES string of the molecule is CC[C@H](C)[C@@H]([C@@H](CC(=O)N1CCC[C@H]1[C@H](OC)[C@@H](C)C(=O)N[C@@H](Cc1ccccc1)c1nccs1)OC)N(C)C(=O)[C@@H](NC(=O)[C@@H]1[C@H]2CC[C@H](C2)N1C(=O)OCc1ccc(NC(=O)[C@H](CCCNC(N)=O)NC(=O)[C@@H](NC(=O)CCOCCN2C(=O)C=CC2=O)C(C)C)cc1CN(C)C(=O)[C@@H](CCCNC(=O)CS(=O)(=O)O)NC(C)=O)C(C)C. The van der Waals surface area contributed by atoms with Gasteiger partial charge in [-0.3, -0.25) is 71.9 Å². The van der Waals surface area contributed by atoms with Crippen LogP contribution in [-0.2, 0) is 106 Å². The molecule has 0 unspecified atom stereocenters. The van der Waals surface area contributed by atoms with Crippen molar-refractivity contribution in [3.8, 4) is 0 Å². The molecule has 1 aliphatic carbocycles. The number of nitrogens with two attached hydrogens (primary N) is 1. The van der Waals surface area contributed by atoms with Crippen LogP contribution >= 0.6 is 11.3 Å². The molecule has 3 aromatic rings. The number of fused-ring (bicyclic) bond motifs is 2. The summed E-state index contributed by atoms with van der Waals surface area (Å²) in [7, 11) is 1.41. The third-order valence-corrected chi connectivity index (χ3v) is 23.7. The number of likely N-dealkylation sites (tertiary alicyclic amines) is 2. The highest BCUT2D eigenvalue weighted by molar-refractivity contribution is 7.86. The molecule has 14 atom stereocenters. The van der Waals surface area contributed by atoms with Gasteiger partial charge in [-0.1, -0.05) is 91.3 Å². The number of aromatic nitrogens is 1. The number of nitrogens with zero attached hydrogens (tertiary/aromatic N) is 6. The molecule has 656 valence electrons. The van der Waals surface area contributed by atoms with E-state index in [1.54, 1.807) is 57.7 Å². The number of thiazole rings is 1. The summed E-state index contributed by atoms with van der Waals surface area (Å²) in [6.07, 6.45) is 5.13. The fraction of sp³-hybridized carbons (Fsp3) is 0.617. The molecule has 7 rings (SSSR count). The Hall–Kier alpha value is -10.0. The minimum absolute atomic E-state index is 0.00671. The monoisotopic (exact) mass is 1700 g/mol. The van der Waals surface area contributed by atoms with Crippen molar-refractivity contribution in [3.05, 3.63) is 94.0 Å². The molecular weight excluding hydrogens is 1580 g/mol. The van der Waals surface area contributed by atoms with Gasteiger partial charge in [0.1, 0.15) is 41.8 Å². The Balaban J connectivity index is 1.07. The van der Waals surface area contributed by atoms with Crippen molar-refractivity contribution in [1.82, 2.24) is 66.7 Å². The van der Waals surface area contributed by atoms with Crippen LogP contribution in [0.1, 0.15) is 160 Å².